The molecule has 0 saturated carbocycles. The lowest BCUT2D eigenvalue weighted by Crippen LogP contribution is -2.25. The maximum absolute atomic E-state index is 11.3. The van der Waals surface area contributed by atoms with E-state index < -0.39 is 18.2 Å². The summed E-state index contributed by atoms with van der Waals surface area (Å²) in [7, 11) is 0. The lowest BCUT2D eigenvalue weighted by Gasteiger charge is -2.14. The van der Waals surface area contributed by atoms with Gasteiger partial charge in [0.05, 0.1) is 13.0 Å². The van der Waals surface area contributed by atoms with E-state index in [9.17, 15) is 9.59 Å². The quantitative estimate of drug-likeness (QED) is 0.515. The molecule has 17 heavy (non-hydrogen) atoms. The van der Waals surface area contributed by atoms with Gasteiger partial charge >= 0.3 is 11.9 Å². The Morgan fingerprint density at radius 1 is 1.41 bits per heavy atom. The molecule has 1 rings (SSSR count). The largest absolute Gasteiger partial charge is 0.462 e. The summed E-state index contributed by atoms with van der Waals surface area (Å²) in [5.41, 5.74) is 0. The molecule has 96 valence electrons. The first-order valence-corrected chi connectivity index (χ1v) is 5.40. The zero-order chi connectivity index (χ0) is 12.5. The highest BCUT2D eigenvalue weighted by Crippen LogP contribution is 2.04. The van der Waals surface area contributed by atoms with Gasteiger partial charge in [-0.25, -0.2) is 4.79 Å². The SMILES string of the molecule is C=CC(=O)OCCC(=O)OC1COCCCO1. The highest BCUT2D eigenvalue weighted by Gasteiger charge is 2.17. The van der Waals surface area contributed by atoms with Crippen LogP contribution in [-0.2, 0) is 28.5 Å². The van der Waals surface area contributed by atoms with Gasteiger partial charge in [0.1, 0.15) is 13.2 Å². The van der Waals surface area contributed by atoms with Crippen LogP contribution in [0, 0.1) is 0 Å². The number of hydrogen-bond donors (Lipinski definition) is 0. The summed E-state index contributed by atoms with van der Waals surface area (Å²) in [6.45, 7) is 4.54. The molecule has 0 aromatic carbocycles. The first-order chi connectivity index (χ1) is 8.22. The maximum atomic E-state index is 11.3. The molecule has 0 aliphatic carbocycles. The van der Waals surface area contributed by atoms with Gasteiger partial charge in [0.15, 0.2) is 0 Å². The molecule has 1 saturated heterocycles. The highest BCUT2D eigenvalue weighted by atomic mass is 16.7. The Hall–Kier alpha value is -1.40. The predicted octanol–water partition coefficient (Wildman–Crippen LogP) is 0.412. The fourth-order valence-corrected chi connectivity index (χ4v) is 1.17. The van der Waals surface area contributed by atoms with Gasteiger partial charge in [-0.05, 0) is 6.42 Å². The molecule has 0 bridgehead atoms. The molecule has 0 radical (unpaired) electrons. The molecule has 1 unspecified atom stereocenters. The number of hydrogen-bond acceptors (Lipinski definition) is 6. The van der Waals surface area contributed by atoms with Gasteiger partial charge < -0.3 is 18.9 Å². The molecule has 6 nitrogen and oxygen atoms in total. The van der Waals surface area contributed by atoms with Gasteiger partial charge in [0.2, 0.25) is 6.29 Å². The molecule has 1 atom stereocenters. The normalized spacial score (nSPS) is 20.1. The number of esters is 2. The van der Waals surface area contributed by atoms with Crippen LogP contribution in [0.5, 0.6) is 0 Å². The molecule has 1 aliphatic heterocycles. The number of rotatable bonds is 5. The lowest BCUT2D eigenvalue weighted by molar-refractivity contribution is -0.184. The van der Waals surface area contributed by atoms with Crippen molar-refractivity contribution in [3.05, 3.63) is 12.7 Å². The Morgan fingerprint density at radius 2 is 2.24 bits per heavy atom. The number of carbonyl (C=O) groups is 2. The van der Waals surface area contributed by atoms with E-state index in [4.69, 9.17) is 14.2 Å². The number of carbonyl (C=O) groups excluding carboxylic acids is 2. The van der Waals surface area contributed by atoms with Crippen LogP contribution >= 0.6 is 0 Å². The monoisotopic (exact) mass is 244 g/mol. The first kappa shape index (κ1) is 13.7. The summed E-state index contributed by atoms with van der Waals surface area (Å²) in [5.74, 6) is -1.05. The summed E-state index contributed by atoms with van der Waals surface area (Å²) < 4.78 is 20.0. The Labute approximate surface area is 99.5 Å². The molecular formula is C11H16O6. The van der Waals surface area contributed by atoms with E-state index in [-0.39, 0.29) is 19.6 Å². The minimum atomic E-state index is -0.667. The first-order valence-electron chi connectivity index (χ1n) is 5.40. The standard InChI is InChI=1S/C11H16O6/c1-2-9(12)15-7-4-10(13)17-11-8-14-5-3-6-16-11/h2,11H,1,3-8H2. The third-order valence-corrected chi connectivity index (χ3v) is 1.97. The minimum absolute atomic E-state index is 0.0144. The zero-order valence-electron chi connectivity index (χ0n) is 9.55. The zero-order valence-corrected chi connectivity index (χ0v) is 9.55. The van der Waals surface area contributed by atoms with E-state index in [1.165, 1.54) is 0 Å². The minimum Gasteiger partial charge on any atom is -0.462 e. The summed E-state index contributed by atoms with van der Waals surface area (Å²) in [5, 5.41) is 0. The number of ether oxygens (including phenoxy) is 4. The Kier molecular flexibility index (Phi) is 6.27. The molecule has 1 aliphatic rings. The van der Waals surface area contributed by atoms with Crippen molar-refractivity contribution in [1.29, 1.82) is 0 Å². The van der Waals surface area contributed by atoms with Crippen molar-refractivity contribution in [2.45, 2.75) is 19.1 Å². The smallest absolute Gasteiger partial charge is 0.330 e. The van der Waals surface area contributed by atoms with Crippen molar-refractivity contribution >= 4 is 11.9 Å². The van der Waals surface area contributed by atoms with E-state index in [1.807, 2.05) is 0 Å². The molecule has 1 heterocycles. The van der Waals surface area contributed by atoms with E-state index in [0.717, 1.165) is 12.5 Å². The van der Waals surface area contributed by atoms with E-state index in [1.54, 1.807) is 0 Å². The highest BCUT2D eigenvalue weighted by molar-refractivity contribution is 5.81. The molecule has 0 spiro atoms. The van der Waals surface area contributed by atoms with Gasteiger partial charge in [-0.3, -0.25) is 4.79 Å². The fraction of sp³-hybridized carbons (Fsp3) is 0.636. The summed E-state index contributed by atoms with van der Waals surface area (Å²) in [6.07, 6.45) is 1.14. The van der Waals surface area contributed by atoms with Crippen molar-refractivity contribution in [2.24, 2.45) is 0 Å². The van der Waals surface area contributed by atoms with E-state index >= 15 is 0 Å². The second kappa shape index (κ2) is 7.81. The van der Waals surface area contributed by atoms with Gasteiger partial charge in [-0.2, -0.15) is 0 Å². The van der Waals surface area contributed by atoms with Crippen LogP contribution < -0.4 is 0 Å². The molecule has 0 aromatic heterocycles. The van der Waals surface area contributed by atoms with Gasteiger partial charge in [0, 0.05) is 12.7 Å². The Bertz CT molecular complexity index is 267. The van der Waals surface area contributed by atoms with Crippen molar-refractivity contribution in [3.8, 4) is 0 Å². The summed E-state index contributed by atoms with van der Waals surface area (Å²) in [6, 6.07) is 0. The van der Waals surface area contributed by atoms with Crippen LogP contribution in [-0.4, -0.2) is 44.7 Å². The van der Waals surface area contributed by atoms with Gasteiger partial charge in [0.25, 0.3) is 0 Å². The van der Waals surface area contributed by atoms with Crippen molar-refractivity contribution < 1.29 is 28.5 Å². The van der Waals surface area contributed by atoms with Crippen LogP contribution in [0.2, 0.25) is 0 Å². The van der Waals surface area contributed by atoms with Crippen molar-refractivity contribution in [3.63, 3.8) is 0 Å². The summed E-state index contributed by atoms with van der Waals surface area (Å²) in [4.78, 5) is 22.0. The molecule has 0 amide bonds. The average molecular weight is 244 g/mol. The van der Waals surface area contributed by atoms with Crippen LogP contribution in [0.25, 0.3) is 0 Å². The maximum Gasteiger partial charge on any atom is 0.330 e. The molecule has 0 aromatic rings. The van der Waals surface area contributed by atoms with Crippen LogP contribution in [0.4, 0.5) is 0 Å². The Morgan fingerprint density at radius 3 is 3.00 bits per heavy atom. The van der Waals surface area contributed by atoms with E-state index in [2.05, 4.69) is 11.3 Å². The Balaban J connectivity index is 2.14. The van der Waals surface area contributed by atoms with Gasteiger partial charge in [-0.15, -0.1) is 0 Å². The second-order valence-corrected chi connectivity index (χ2v) is 3.34. The molecule has 0 N–H and O–H groups in total. The van der Waals surface area contributed by atoms with Crippen LogP contribution in [0.3, 0.4) is 0 Å². The average Bonchev–Trinajstić information content (AvgIpc) is 2.57. The fourth-order valence-electron chi connectivity index (χ4n) is 1.17. The molecule has 6 heteroatoms. The van der Waals surface area contributed by atoms with Crippen LogP contribution in [0.15, 0.2) is 12.7 Å². The third kappa shape index (κ3) is 6.03. The van der Waals surface area contributed by atoms with Crippen molar-refractivity contribution in [1.82, 2.24) is 0 Å². The topological polar surface area (TPSA) is 71.1 Å². The van der Waals surface area contributed by atoms with Crippen LogP contribution in [0.1, 0.15) is 12.8 Å². The second-order valence-electron chi connectivity index (χ2n) is 3.34. The predicted molar refractivity (Wildman–Crippen MR) is 57.0 cm³/mol. The lowest BCUT2D eigenvalue weighted by atomic mass is 10.4. The molecule has 1 fully saturated rings. The van der Waals surface area contributed by atoms with Crippen molar-refractivity contribution in [2.75, 3.05) is 26.4 Å². The summed E-state index contributed by atoms with van der Waals surface area (Å²) >= 11 is 0. The third-order valence-electron chi connectivity index (χ3n) is 1.97. The van der Waals surface area contributed by atoms with E-state index in [0.29, 0.717) is 13.2 Å². The van der Waals surface area contributed by atoms with Gasteiger partial charge in [-0.1, -0.05) is 6.58 Å². The molecular weight excluding hydrogens is 228 g/mol.